The van der Waals surface area contributed by atoms with Crippen LogP contribution in [0.25, 0.3) is 0 Å². The van der Waals surface area contributed by atoms with E-state index in [1.165, 1.54) is 0 Å². The second-order valence-corrected chi connectivity index (χ2v) is 3.95. The highest BCUT2D eigenvalue weighted by atomic mass is 79.9. The molecule has 3 heteroatoms. The highest BCUT2D eigenvalue weighted by molar-refractivity contribution is 9.11. The average Bonchev–Trinajstić information content (AvgIpc) is 2.03. The van der Waals surface area contributed by atoms with Gasteiger partial charge in [0.15, 0.2) is 0 Å². The van der Waals surface area contributed by atoms with E-state index in [0.717, 1.165) is 14.6 Å². The van der Waals surface area contributed by atoms with Crippen molar-refractivity contribution in [3.8, 4) is 12.3 Å². The number of anilines is 1. The van der Waals surface area contributed by atoms with Crippen molar-refractivity contribution in [2.24, 2.45) is 0 Å². The van der Waals surface area contributed by atoms with Gasteiger partial charge in [0.2, 0.25) is 0 Å². The van der Waals surface area contributed by atoms with Gasteiger partial charge in [-0.3, -0.25) is 0 Å². The summed E-state index contributed by atoms with van der Waals surface area (Å²) < 4.78 is 2.05. The van der Waals surface area contributed by atoms with Crippen molar-refractivity contribution in [2.45, 2.75) is 0 Å². The lowest BCUT2D eigenvalue weighted by molar-refractivity contribution is 1.36. The number of terminal acetylenes is 1. The zero-order valence-electron chi connectivity index (χ0n) is 6.27. The number of hydrogen-bond acceptors (Lipinski definition) is 1. The third kappa shape index (κ3) is 2.54. The number of rotatable bonds is 2. The van der Waals surface area contributed by atoms with Crippen LogP contribution in [0.5, 0.6) is 0 Å². The largest absolute Gasteiger partial charge is 0.373 e. The Morgan fingerprint density at radius 2 is 2.17 bits per heavy atom. The molecule has 1 rings (SSSR count). The molecule has 0 bridgehead atoms. The zero-order chi connectivity index (χ0) is 8.97. The van der Waals surface area contributed by atoms with Crippen molar-refractivity contribution in [2.75, 3.05) is 11.9 Å². The van der Waals surface area contributed by atoms with E-state index in [1.54, 1.807) is 0 Å². The van der Waals surface area contributed by atoms with Crippen LogP contribution in [0, 0.1) is 12.3 Å². The fourth-order valence-corrected chi connectivity index (χ4v) is 1.97. The topological polar surface area (TPSA) is 12.0 Å². The number of hydrogen-bond donors (Lipinski definition) is 1. The van der Waals surface area contributed by atoms with Crippen molar-refractivity contribution >= 4 is 37.5 Å². The molecule has 0 amide bonds. The van der Waals surface area contributed by atoms with Crippen LogP contribution in [0.15, 0.2) is 27.1 Å². The molecule has 0 aliphatic rings. The Balaban J connectivity index is 2.81. The molecule has 0 aromatic heterocycles. The minimum Gasteiger partial charge on any atom is -0.373 e. The third-order valence-electron chi connectivity index (χ3n) is 1.31. The first kappa shape index (κ1) is 9.63. The quantitative estimate of drug-likeness (QED) is 0.824. The molecule has 62 valence electrons. The highest BCUT2D eigenvalue weighted by Crippen LogP contribution is 2.25. The monoisotopic (exact) mass is 287 g/mol. The number of benzene rings is 1. The van der Waals surface area contributed by atoms with Crippen LogP contribution in [0.1, 0.15) is 0 Å². The van der Waals surface area contributed by atoms with Gasteiger partial charge in [-0.1, -0.05) is 21.9 Å². The van der Waals surface area contributed by atoms with E-state index in [4.69, 9.17) is 6.42 Å². The summed E-state index contributed by atoms with van der Waals surface area (Å²) in [6.07, 6.45) is 5.12. The summed E-state index contributed by atoms with van der Waals surface area (Å²) >= 11 is 6.78. The Morgan fingerprint density at radius 3 is 2.75 bits per heavy atom. The maximum absolute atomic E-state index is 5.12. The first-order valence-corrected chi connectivity index (χ1v) is 4.95. The lowest BCUT2D eigenvalue weighted by atomic mass is 10.3. The van der Waals surface area contributed by atoms with E-state index in [1.807, 2.05) is 18.2 Å². The molecule has 0 saturated heterocycles. The highest BCUT2D eigenvalue weighted by Gasteiger charge is 1.97. The lowest BCUT2D eigenvalue weighted by Gasteiger charge is -2.04. The average molecular weight is 289 g/mol. The van der Waals surface area contributed by atoms with Crippen LogP contribution in [0.4, 0.5) is 5.69 Å². The van der Waals surface area contributed by atoms with Gasteiger partial charge in [-0.25, -0.2) is 0 Å². The van der Waals surface area contributed by atoms with E-state index in [9.17, 15) is 0 Å². The Labute approximate surface area is 88.8 Å². The van der Waals surface area contributed by atoms with Gasteiger partial charge in [-0.2, -0.15) is 0 Å². The van der Waals surface area contributed by atoms with Gasteiger partial charge >= 0.3 is 0 Å². The van der Waals surface area contributed by atoms with E-state index in [2.05, 4.69) is 43.1 Å². The SMILES string of the molecule is C#CCNc1ccc(Br)cc1Br. The standard InChI is InChI=1S/C9H7Br2N/c1-2-5-12-9-4-3-7(10)6-8(9)11/h1,3-4,6,12H,5H2. The van der Waals surface area contributed by atoms with Crippen LogP contribution in [-0.4, -0.2) is 6.54 Å². The maximum atomic E-state index is 5.12. The molecule has 0 fully saturated rings. The van der Waals surface area contributed by atoms with Gasteiger partial charge in [0.05, 0.1) is 6.54 Å². The molecule has 0 saturated carbocycles. The lowest BCUT2D eigenvalue weighted by Crippen LogP contribution is -1.98. The summed E-state index contributed by atoms with van der Waals surface area (Å²) in [5, 5.41) is 3.09. The Morgan fingerprint density at radius 1 is 1.42 bits per heavy atom. The van der Waals surface area contributed by atoms with Crippen molar-refractivity contribution < 1.29 is 0 Å². The molecule has 1 aromatic carbocycles. The molecule has 0 spiro atoms. The molecule has 12 heavy (non-hydrogen) atoms. The van der Waals surface area contributed by atoms with Crippen molar-refractivity contribution in [3.63, 3.8) is 0 Å². The first-order chi connectivity index (χ1) is 5.74. The van der Waals surface area contributed by atoms with Gasteiger partial charge in [0.1, 0.15) is 0 Å². The van der Waals surface area contributed by atoms with E-state index in [0.29, 0.717) is 6.54 Å². The summed E-state index contributed by atoms with van der Waals surface area (Å²) in [5.41, 5.74) is 1.01. The maximum Gasteiger partial charge on any atom is 0.0763 e. The summed E-state index contributed by atoms with van der Waals surface area (Å²) in [6.45, 7) is 0.542. The summed E-state index contributed by atoms with van der Waals surface area (Å²) in [6, 6.07) is 5.90. The van der Waals surface area contributed by atoms with Crippen LogP contribution < -0.4 is 5.32 Å². The fourth-order valence-electron chi connectivity index (χ4n) is 0.779. The van der Waals surface area contributed by atoms with E-state index >= 15 is 0 Å². The Kier molecular flexibility index (Phi) is 3.64. The van der Waals surface area contributed by atoms with Crippen molar-refractivity contribution in [3.05, 3.63) is 27.1 Å². The number of halogens is 2. The minimum absolute atomic E-state index is 0.542. The molecular formula is C9H7Br2N. The smallest absolute Gasteiger partial charge is 0.0763 e. The van der Waals surface area contributed by atoms with Gasteiger partial charge in [0.25, 0.3) is 0 Å². The van der Waals surface area contributed by atoms with Gasteiger partial charge < -0.3 is 5.32 Å². The van der Waals surface area contributed by atoms with Gasteiger partial charge in [-0.15, -0.1) is 6.42 Å². The van der Waals surface area contributed by atoms with Crippen molar-refractivity contribution in [1.29, 1.82) is 0 Å². The third-order valence-corrected chi connectivity index (χ3v) is 2.46. The second kappa shape index (κ2) is 4.54. The molecule has 0 aliphatic carbocycles. The second-order valence-electron chi connectivity index (χ2n) is 2.18. The zero-order valence-corrected chi connectivity index (χ0v) is 9.44. The van der Waals surface area contributed by atoms with E-state index in [-0.39, 0.29) is 0 Å². The number of nitrogens with one attached hydrogen (secondary N) is 1. The minimum atomic E-state index is 0.542. The molecule has 1 N–H and O–H groups in total. The predicted molar refractivity (Wildman–Crippen MR) is 59.2 cm³/mol. The van der Waals surface area contributed by atoms with E-state index < -0.39 is 0 Å². The van der Waals surface area contributed by atoms with Crippen molar-refractivity contribution in [1.82, 2.24) is 0 Å². The van der Waals surface area contributed by atoms with Gasteiger partial charge in [0, 0.05) is 14.6 Å². The molecule has 0 radical (unpaired) electrons. The Bertz CT molecular complexity index is 315. The predicted octanol–water partition coefficient (Wildman–Crippen LogP) is 3.26. The molecule has 0 aliphatic heterocycles. The van der Waals surface area contributed by atoms with Crippen LogP contribution in [-0.2, 0) is 0 Å². The first-order valence-electron chi connectivity index (χ1n) is 3.36. The molecular weight excluding hydrogens is 282 g/mol. The summed E-state index contributed by atoms with van der Waals surface area (Å²) in [7, 11) is 0. The molecule has 0 unspecified atom stereocenters. The van der Waals surface area contributed by atoms with Crippen LogP contribution in [0.3, 0.4) is 0 Å². The fraction of sp³-hybridized carbons (Fsp3) is 0.111. The normalized spacial score (nSPS) is 9.08. The van der Waals surface area contributed by atoms with Crippen LogP contribution in [0.2, 0.25) is 0 Å². The Hall–Kier alpha value is -0.460. The molecule has 0 atom stereocenters. The molecule has 1 nitrogen and oxygen atoms in total. The summed E-state index contributed by atoms with van der Waals surface area (Å²) in [5.74, 6) is 2.51. The summed E-state index contributed by atoms with van der Waals surface area (Å²) in [4.78, 5) is 0. The molecule has 1 aromatic rings. The molecule has 0 heterocycles. The van der Waals surface area contributed by atoms with Crippen LogP contribution >= 0.6 is 31.9 Å². The van der Waals surface area contributed by atoms with Gasteiger partial charge in [-0.05, 0) is 34.1 Å².